The fourth-order valence-corrected chi connectivity index (χ4v) is 2.22. The number of carbonyl (C=O) groups is 2. The Hall–Kier alpha value is -0.950. The molecule has 0 aromatic heterocycles. The number of nitrogens with one attached hydrogen (secondary N) is 2. The molecule has 2 amide bonds. The quantitative estimate of drug-likeness (QED) is 0.500. The topological polar surface area (TPSA) is 81.7 Å². The number of carboxylic acids is 1. The van der Waals surface area contributed by atoms with Gasteiger partial charge in [-0.1, -0.05) is 13.8 Å². The second-order valence-corrected chi connectivity index (χ2v) is 5.44. The van der Waals surface area contributed by atoms with Gasteiger partial charge in [0.05, 0.1) is 0 Å². The summed E-state index contributed by atoms with van der Waals surface area (Å²) >= 11 is 1.56. The van der Waals surface area contributed by atoms with Crippen molar-refractivity contribution in [1.29, 1.82) is 0 Å². The molecule has 0 aliphatic rings. The van der Waals surface area contributed by atoms with Gasteiger partial charge in [-0.2, -0.15) is 11.8 Å². The zero-order chi connectivity index (χ0) is 15.4. The van der Waals surface area contributed by atoms with Gasteiger partial charge in [0.2, 0.25) is 0 Å². The Morgan fingerprint density at radius 2 is 1.95 bits per heavy atom. The van der Waals surface area contributed by atoms with Gasteiger partial charge in [0, 0.05) is 6.54 Å². The molecule has 0 bridgehead atoms. The molecule has 20 heavy (non-hydrogen) atoms. The molecule has 6 nitrogen and oxygen atoms in total. The van der Waals surface area contributed by atoms with Gasteiger partial charge in [-0.15, -0.1) is 0 Å². The van der Waals surface area contributed by atoms with E-state index in [0.29, 0.717) is 18.7 Å². The standard InChI is InChI=1S/C13H27N3O3S/c1-4-16(5-2)9-6-8-14-13(19)15-11(12(17)18)7-10-20-3/h11H,4-10H2,1-3H3,(H,17,18)(H2,14,15,19)/t11-/m1/s1. The summed E-state index contributed by atoms with van der Waals surface area (Å²) in [5.74, 6) is -0.281. The maximum absolute atomic E-state index is 11.6. The molecule has 0 rings (SSSR count). The monoisotopic (exact) mass is 305 g/mol. The minimum absolute atomic E-state index is 0.405. The Morgan fingerprint density at radius 1 is 1.30 bits per heavy atom. The lowest BCUT2D eigenvalue weighted by Crippen LogP contribution is -2.46. The van der Waals surface area contributed by atoms with Crippen molar-refractivity contribution >= 4 is 23.8 Å². The van der Waals surface area contributed by atoms with E-state index in [1.807, 2.05) is 6.26 Å². The number of hydrogen-bond acceptors (Lipinski definition) is 4. The molecule has 0 aromatic rings. The van der Waals surface area contributed by atoms with Crippen molar-refractivity contribution in [3.05, 3.63) is 0 Å². The molecule has 0 heterocycles. The molecule has 0 fully saturated rings. The summed E-state index contributed by atoms with van der Waals surface area (Å²) in [5, 5.41) is 14.2. The van der Waals surface area contributed by atoms with Crippen LogP contribution in [-0.4, -0.2) is 66.2 Å². The van der Waals surface area contributed by atoms with Gasteiger partial charge in [0.25, 0.3) is 0 Å². The molecule has 0 unspecified atom stereocenters. The molecule has 0 spiro atoms. The Balaban J connectivity index is 3.87. The number of urea groups is 1. The van der Waals surface area contributed by atoms with Gasteiger partial charge in [0.15, 0.2) is 0 Å². The highest BCUT2D eigenvalue weighted by molar-refractivity contribution is 7.98. The first-order chi connectivity index (χ1) is 9.54. The third-order valence-electron chi connectivity index (χ3n) is 3.05. The number of amides is 2. The van der Waals surface area contributed by atoms with E-state index in [1.54, 1.807) is 11.8 Å². The highest BCUT2D eigenvalue weighted by Crippen LogP contribution is 2.00. The van der Waals surface area contributed by atoms with Crippen LogP contribution in [0.15, 0.2) is 0 Å². The van der Waals surface area contributed by atoms with E-state index in [2.05, 4.69) is 29.4 Å². The molecular weight excluding hydrogens is 278 g/mol. The fraction of sp³-hybridized carbons (Fsp3) is 0.846. The number of carbonyl (C=O) groups excluding carboxylic acids is 1. The van der Waals surface area contributed by atoms with E-state index in [4.69, 9.17) is 5.11 Å². The number of carboxylic acid groups (broad SMARTS) is 1. The summed E-state index contributed by atoms with van der Waals surface area (Å²) < 4.78 is 0. The first kappa shape index (κ1) is 19.1. The van der Waals surface area contributed by atoms with Crippen LogP contribution in [0.4, 0.5) is 4.79 Å². The van der Waals surface area contributed by atoms with Crippen molar-refractivity contribution in [2.75, 3.05) is 38.2 Å². The first-order valence-corrected chi connectivity index (χ1v) is 8.42. The summed E-state index contributed by atoms with van der Waals surface area (Å²) in [4.78, 5) is 24.9. The Morgan fingerprint density at radius 3 is 2.45 bits per heavy atom. The van der Waals surface area contributed by atoms with Crippen molar-refractivity contribution in [2.24, 2.45) is 0 Å². The SMILES string of the molecule is CCN(CC)CCCNC(=O)N[C@H](CCSC)C(=O)O. The van der Waals surface area contributed by atoms with E-state index in [0.717, 1.165) is 26.1 Å². The predicted octanol–water partition coefficient (Wildman–Crippen LogP) is 1.22. The summed E-state index contributed by atoms with van der Waals surface area (Å²) in [6.45, 7) is 7.69. The van der Waals surface area contributed by atoms with E-state index in [1.165, 1.54) is 0 Å². The summed E-state index contributed by atoms with van der Waals surface area (Å²) in [7, 11) is 0. The van der Waals surface area contributed by atoms with Crippen molar-refractivity contribution in [1.82, 2.24) is 15.5 Å². The number of thioether (sulfide) groups is 1. The van der Waals surface area contributed by atoms with E-state index in [9.17, 15) is 9.59 Å². The lowest BCUT2D eigenvalue weighted by atomic mass is 10.2. The molecule has 3 N–H and O–H groups in total. The molecule has 7 heteroatoms. The molecule has 0 saturated carbocycles. The molecule has 0 aliphatic heterocycles. The van der Waals surface area contributed by atoms with Gasteiger partial charge in [-0.3, -0.25) is 0 Å². The molecule has 1 atom stereocenters. The average Bonchev–Trinajstić information content (AvgIpc) is 2.43. The number of rotatable bonds is 11. The van der Waals surface area contributed by atoms with Crippen molar-refractivity contribution in [2.45, 2.75) is 32.7 Å². The third-order valence-corrected chi connectivity index (χ3v) is 3.69. The Labute approximate surface area is 125 Å². The smallest absolute Gasteiger partial charge is 0.326 e. The van der Waals surface area contributed by atoms with Gasteiger partial charge in [-0.05, 0) is 44.5 Å². The van der Waals surface area contributed by atoms with Gasteiger partial charge in [0.1, 0.15) is 6.04 Å². The fourth-order valence-electron chi connectivity index (χ4n) is 1.75. The zero-order valence-corrected chi connectivity index (χ0v) is 13.5. The van der Waals surface area contributed by atoms with Crippen LogP contribution in [0.3, 0.4) is 0 Å². The summed E-state index contributed by atoms with van der Waals surface area (Å²) in [6.07, 6.45) is 3.20. The highest BCUT2D eigenvalue weighted by Gasteiger charge is 2.18. The van der Waals surface area contributed by atoms with Crippen LogP contribution in [0.25, 0.3) is 0 Å². The van der Waals surface area contributed by atoms with E-state index < -0.39 is 18.0 Å². The Kier molecular flexibility index (Phi) is 11.3. The number of aliphatic carboxylic acids is 1. The first-order valence-electron chi connectivity index (χ1n) is 7.03. The van der Waals surface area contributed by atoms with Crippen LogP contribution in [0.1, 0.15) is 26.7 Å². The molecule has 0 saturated heterocycles. The van der Waals surface area contributed by atoms with Crippen molar-refractivity contribution in [3.8, 4) is 0 Å². The van der Waals surface area contributed by atoms with Crippen LogP contribution >= 0.6 is 11.8 Å². The van der Waals surface area contributed by atoms with Gasteiger partial charge < -0.3 is 20.6 Å². The van der Waals surface area contributed by atoms with E-state index in [-0.39, 0.29) is 0 Å². The lowest BCUT2D eigenvalue weighted by molar-refractivity contribution is -0.139. The van der Waals surface area contributed by atoms with Crippen LogP contribution in [0, 0.1) is 0 Å². The maximum atomic E-state index is 11.6. The molecule has 0 aromatic carbocycles. The van der Waals surface area contributed by atoms with Crippen LogP contribution in [-0.2, 0) is 4.79 Å². The second-order valence-electron chi connectivity index (χ2n) is 4.45. The minimum atomic E-state index is -0.989. The molecule has 0 radical (unpaired) electrons. The van der Waals surface area contributed by atoms with Crippen molar-refractivity contribution < 1.29 is 14.7 Å². The van der Waals surface area contributed by atoms with Gasteiger partial charge >= 0.3 is 12.0 Å². The van der Waals surface area contributed by atoms with Gasteiger partial charge in [-0.25, -0.2) is 9.59 Å². The lowest BCUT2D eigenvalue weighted by Gasteiger charge is -2.18. The largest absolute Gasteiger partial charge is 0.480 e. The predicted molar refractivity (Wildman–Crippen MR) is 83.4 cm³/mol. The number of hydrogen-bond donors (Lipinski definition) is 3. The van der Waals surface area contributed by atoms with Crippen LogP contribution in [0.2, 0.25) is 0 Å². The van der Waals surface area contributed by atoms with Crippen molar-refractivity contribution in [3.63, 3.8) is 0 Å². The molecule has 118 valence electrons. The third kappa shape index (κ3) is 9.03. The highest BCUT2D eigenvalue weighted by atomic mass is 32.2. The van der Waals surface area contributed by atoms with Crippen LogP contribution in [0.5, 0.6) is 0 Å². The summed E-state index contributed by atoms with van der Waals surface area (Å²) in [6, 6.07) is -1.22. The summed E-state index contributed by atoms with van der Waals surface area (Å²) in [5.41, 5.74) is 0. The maximum Gasteiger partial charge on any atom is 0.326 e. The second kappa shape index (κ2) is 11.8. The zero-order valence-electron chi connectivity index (χ0n) is 12.6. The minimum Gasteiger partial charge on any atom is -0.480 e. The average molecular weight is 305 g/mol. The molecular formula is C13H27N3O3S. The van der Waals surface area contributed by atoms with Crippen LogP contribution < -0.4 is 10.6 Å². The Bertz CT molecular complexity index is 286. The van der Waals surface area contributed by atoms with E-state index >= 15 is 0 Å². The number of nitrogens with zero attached hydrogens (tertiary/aromatic N) is 1. The normalized spacial score (nSPS) is 12.2. The molecule has 0 aliphatic carbocycles.